The van der Waals surface area contributed by atoms with E-state index in [2.05, 4.69) is 21.4 Å². The summed E-state index contributed by atoms with van der Waals surface area (Å²) >= 11 is 5.85. The van der Waals surface area contributed by atoms with Gasteiger partial charge >= 0.3 is 0 Å². The summed E-state index contributed by atoms with van der Waals surface area (Å²) < 4.78 is 0. The maximum Gasteiger partial charge on any atom is 0.0890 e. The highest BCUT2D eigenvalue weighted by molar-refractivity contribution is 6.30. The first kappa shape index (κ1) is 11.9. The fourth-order valence-electron chi connectivity index (χ4n) is 1.89. The molecular weight excluding hydrogens is 258 g/mol. The molecule has 3 rings (SSSR count). The molecule has 0 bridgehead atoms. The van der Waals surface area contributed by atoms with E-state index < -0.39 is 0 Å². The van der Waals surface area contributed by atoms with Crippen LogP contribution in [-0.4, -0.2) is 9.97 Å². The molecule has 2 aromatic carbocycles. The zero-order valence-corrected chi connectivity index (χ0v) is 10.9. The quantitative estimate of drug-likeness (QED) is 0.784. The van der Waals surface area contributed by atoms with Crippen LogP contribution in [0.1, 0.15) is 5.56 Å². The molecule has 0 amide bonds. The van der Waals surface area contributed by atoms with E-state index in [-0.39, 0.29) is 0 Å². The average molecular weight is 270 g/mol. The molecule has 19 heavy (non-hydrogen) atoms. The zero-order valence-electron chi connectivity index (χ0n) is 10.2. The second kappa shape index (κ2) is 5.24. The number of fused-ring (bicyclic) bond motifs is 1. The third kappa shape index (κ3) is 2.83. The molecule has 0 aliphatic carbocycles. The van der Waals surface area contributed by atoms with Gasteiger partial charge in [-0.15, -0.1) is 0 Å². The van der Waals surface area contributed by atoms with Crippen LogP contribution in [0.4, 0.5) is 5.69 Å². The first-order chi connectivity index (χ1) is 9.31. The van der Waals surface area contributed by atoms with Crippen molar-refractivity contribution in [3.05, 3.63) is 65.4 Å². The molecule has 0 radical (unpaired) electrons. The Morgan fingerprint density at radius 1 is 0.895 bits per heavy atom. The monoisotopic (exact) mass is 269 g/mol. The lowest BCUT2D eigenvalue weighted by atomic mass is 10.2. The standard InChI is InChI=1S/C15H12ClN3/c16-12-2-4-13(5-3-12)19-10-11-1-6-14-15(9-11)18-8-7-17-14/h1-9,19H,10H2. The minimum Gasteiger partial charge on any atom is -0.381 e. The van der Waals surface area contributed by atoms with E-state index in [4.69, 9.17) is 11.6 Å². The Kier molecular flexibility index (Phi) is 3.29. The van der Waals surface area contributed by atoms with Crippen molar-refractivity contribution in [3.8, 4) is 0 Å². The molecule has 0 fully saturated rings. The van der Waals surface area contributed by atoms with Crippen LogP contribution in [0.3, 0.4) is 0 Å². The van der Waals surface area contributed by atoms with Crippen molar-refractivity contribution in [2.45, 2.75) is 6.54 Å². The van der Waals surface area contributed by atoms with Crippen molar-refractivity contribution < 1.29 is 0 Å². The summed E-state index contributed by atoms with van der Waals surface area (Å²) in [6.07, 6.45) is 3.41. The molecule has 1 aromatic heterocycles. The van der Waals surface area contributed by atoms with Gasteiger partial charge in [-0.1, -0.05) is 17.7 Å². The van der Waals surface area contributed by atoms with Crippen molar-refractivity contribution >= 4 is 28.3 Å². The van der Waals surface area contributed by atoms with Gasteiger partial charge in [0.15, 0.2) is 0 Å². The average Bonchev–Trinajstić information content (AvgIpc) is 2.46. The van der Waals surface area contributed by atoms with E-state index in [0.717, 1.165) is 28.3 Å². The maximum atomic E-state index is 5.85. The Morgan fingerprint density at radius 2 is 1.63 bits per heavy atom. The summed E-state index contributed by atoms with van der Waals surface area (Å²) in [4.78, 5) is 8.55. The van der Waals surface area contributed by atoms with E-state index in [1.54, 1.807) is 12.4 Å². The molecule has 0 saturated heterocycles. The predicted octanol–water partition coefficient (Wildman–Crippen LogP) is 3.90. The van der Waals surface area contributed by atoms with E-state index >= 15 is 0 Å². The van der Waals surface area contributed by atoms with Crippen LogP contribution < -0.4 is 5.32 Å². The van der Waals surface area contributed by atoms with E-state index in [1.165, 1.54) is 5.56 Å². The second-order valence-corrected chi connectivity index (χ2v) is 4.68. The zero-order chi connectivity index (χ0) is 13.1. The van der Waals surface area contributed by atoms with Crippen LogP contribution in [0.15, 0.2) is 54.9 Å². The van der Waals surface area contributed by atoms with Gasteiger partial charge in [0.05, 0.1) is 11.0 Å². The number of hydrogen-bond donors (Lipinski definition) is 1. The largest absolute Gasteiger partial charge is 0.381 e. The summed E-state index contributed by atoms with van der Waals surface area (Å²) in [5, 5.41) is 4.09. The number of benzene rings is 2. The minimum atomic E-state index is 0.742. The molecule has 94 valence electrons. The lowest BCUT2D eigenvalue weighted by Gasteiger charge is -2.07. The first-order valence-corrected chi connectivity index (χ1v) is 6.38. The Morgan fingerprint density at radius 3 is 2.42 bits per heavy atom. The molecule has 4 heteroatoms. The first-order valence-electron chi connectivity index (χ1n) is 6.00. The van der Waals surface area contributed by atoms with Crippen molar-refractivity contribution in [2.24, 2.45) is 0 Å². The highest BCUT2D eigenvalue weighted by Gasteiger charge is 1.98. The lowest BCUT2D eigenvalue weighted by Crippen LogP contribution is -1.99. The highest BCUT2D eigenvalue weighted by Crippen LogP contribution is 2.16. The molecule has 1 N–H and O–H groups in total. The van der Waals surface area contributed by atoms with Gasteiger partial charge in [-0.25, -0.2) is 0 Å². The number of rotatable bonds is 3. The van der Waals surface area contributed by atoms with Crippen LogP contribution in [0, 0.1) is 0 Å². The molecule has 0 unspecified atom stereocenters. The fraction of sp³-hybridized carbons (Fsp3) is 0.0667. The van der Waals surface area contributed by atoms with Crippen LogP contribution in [0.25, 0.3) is 11.0 Å². The minimum absolute atomic E-state index is 0.742. The molecule has 0 saturated carbocycles. The normalized spacial score (nSPS) is 10.6. The smallest absolute Gasteiger partial charge is 0.0890 e. The van der Waals surface area contributed by atoms with Crippen LogP contribution in [-0.2, 0) is 6.54 Å². The number of nitrogens with one attached hydrogen (secondary N) is 1. The van der Waals surface area contributed by atoms with Crippen LogP contribution in [0.5, 0.6) is 0 Å². The summed E-state index contributed by atoms with van der Waals surface area (Å²) in [6, 6.07) is 13.8. The number of hydrogen-bond acceptors (Lipinski definition) is 3. The summed E-state index contributed by atoms with van der Waals surface area (Å²) in [5.41, 5.74) is 4.04. The number of halogens is 1. The summed E-state index contributed by atoms with van der Waals surface area (Å²) in [7, 11) is 0. The second-order valence-electron chi connectivity index (χ2n) is 4.24. The van der Waals surface area contributed by atoms with Gasteiger partial charge in [-0.3, -0.25) is 9.97 Å². The van der Waals surface area contributed by atoms with Crippen molar-refractivity contribution in [3.63, 3.8) is 0 Å². The predicted molar refractivity (Wildman–Crippen MR) is 78.3 cm³/mol. The molecule has 0 aliphatic heterocycles. The molecule has 0 atom stereocenters. The van der Waals surface area contributed by atoms with Gasteiger partial charge in [-0.05, 0) is 42.0 Å². The van der Waals surface area contributed by atoms with Crippen molar-refractivity contribution in [1.82, 2.24) is 9.97 Å². The number of aromatic nitrogens is 2. The van der Waals surface area contributed by atoms with Crippen LogP contribution in [0.2, 0.25) is 5.02 Å². The van der Waals surface area contributed by atoms with Crippen molar-refractivity contribution in [2.75, 3.05) is 5.32 Å². The van der Waals surface area contributed by atoms with Gasteiger partial charge < -0.3 is 5.32 Å². The summed E-state index contributed by atoms with van der Waals surface area (Å²) in [5.74, 6) is 0. The number of anilines is 1. The molecule has 0 aliphatic rings. The third-order valence-corrected chi connectivity index (χ3v) is 3.13. The van der Waals surface area contributed by atoms with Gasteiger partial charge in [0, 0.05) is 29.6 Å². The Bertz CT molecular complexity index is 695. The Labute approximate surface area is 116 Å². The highest BCUT2D eigenvalue weighted by atomic mass is 35.5. The van der Waals surface area contributed by atoms with E-state index in [9.17, 15) is 0 Å². The Hall–Kier alpha value is -2.13. The SMILES string of the molecule is Clc1ccc(NCc2ccc3nccnc3c2)cc1. The number of nitrogens with zero attached hydrogens (tertiary/aromatic N) is 2. The molecule has 3 aromatic rings. The Balaban J connectivity index is 1.76. The molecular formula is C15H12ClN3. The maximum absolute atomic E-state index is 5.85. The van der Waals surface area contributed by atoms with E-state index in [0.29, 0.717) is 0 Å². The topological polar surface area (TPSA) is 37.8 Å². The van der Waals surface area contributed by atoms with Gasteiger partial charge in [-0.2, -0.15) is 0 Å². The van der Waals surface area contributed by atoms with E-state index in [1.807, 2.05) is 36.4 Å². The van der Waals surface area contributed by atoms with Gasteiger partial charge in [0.25, 0.3) is 0 Å². The van der Waals surface area contributed by atoms with Gasteiger partial charge in [0.1, 0.15) is 0 Å². The molecule has 0 spiro atoms. The molecule has 1 heterocycles. The lowest BCUT2D eigenvalue weighted by molar-refractivity contribution is 1.15. The third-order valence-electron chi connectivity index (χ3n) is 2.87. The van der Waals surface area contributed by atoms with Gasteiger partial charge in [0.2, 0.25) is 0 Å². The summed E-state index contributed by atoms with van der Waals surface area (Å²) in [6.45, 7) is 0.744. The van der Waals surface area contributed by atoms with Crippen molar-refractivity contribution in [1.29, 1.82) is 0 Å². The molecule has 3 nitrogen and oxygen atoms in total. The fourth-order valence-corrected chi connectivity index (χ4v) is 2.02. The van der Waals surface area contributed by atoms with Crippen LogP contribution >= 0.6 is 11.6 Å².